The summed E-state index contributed by atoms with van der Waals surface area (Å²) in [5.74, 6) is 0.280. The van der Waals surface area contributed by atoms with E-state index in [9.17, 15) is 5.11 Å². The molecule has 0 saturated carbocycles. The van der Waals surface area contributed by atoms with Gasteiger partial charge in [0.1, 0.15) is 5.75 Å². The van der Waals surface area contributed by atoms with Crippen LogP contribution in [-0.4, -0.2) is 40.3 Å². The van der Waals surface area contributed by atoms with E-state index < -0.39 is 0 Å². The molecule has 1 aromatic heterocycles. The van der Waals surface area contributed by atoms with Gasteiger partial charge in [0.2, 0.25) is 0 Å². The summed E-state index contributed by atoms with van der Waals surface area (Å²) in [6, 6.07) is 3.91. The highest BCUT2D eigenvalue weighted by Crippen LogP contribution is 2.20. The molecule has 94 valence electrons. The zero-order valence-corrected chi connectivity index (χ0v) is 10.7. The predicted molar refractivity (Wildman–Crippen MR) is 65.9 cm³/mol. The van der Waals surface area contributed by atoms with Crippen molar-refractivity contribution in [1.82, 2.24) is 9.88 Å². The van der Waals surface area contributed by atoms with E-state index in [0.29, 0.717) is 12.6 Å². The molecule has 2 unspecified atom stereocenters. The van der Waals surface area contributed by atoms with Gasteiger partial charge in [-0.25, -0.2) is 0 Å². The van der Waals surface area contributed by atoms with Gasteiger partial charge in [-0.05, 0) is 32.9 Å². The third-order valence-corrected chi connectivity index (χ3v) is 3.18. The van der Waals surface area contributed by atoms with Crippen LogP contribution in [0.2, 0.25) is 0 Å². The maximum atomic E-state index is 9.80. The molecule has 4 nitrogen and oxygen atoms in total. The lowest BCUT2D eigenvalue weighted by atomic mass is 10.2. The molecule has 2 atom stereocenters. The summed E-state index contributed by atoms with van der Waals surface area (Å²) < 4.78 is 5.59. The van der Waals surface area contributed by atoms with Crippen molar-refractivity contribution in [3.05, 3.63) is 23.5 Å². The minimum absolute atomic E-state index is 0.248. The van der Waals surface area contributed by atoms with Gasteiger partial charge in [-0.3, -0.25) is 9.88 Å². The van der Waals surface area contributed by atoms with Gasteiger partial charge in [0.15, 0.2) is 0 Å². The average Bonchev–Trinajstić information content (AvgIpc) is 2.28. The molecule has 0 aromatic carbocycles. The van der Waals surface area contributed by atoms with Crippen LogP contribution in [0, 0.1) is 6.92 Å². The van der Waals surface area contributed by atoms with E-state index in [4.69, 9.17) is 4.74 Å². The first-order valence-corrected chi connectivity index (χ1v) is 6.07. The van der Waals surface area contributed by atoms with Crippen LogP contribution in [0.15, 0.2) is 12.1 Å². The highest BCUT2D eigenvalue weighted by Gasteiger charge is 2.24. The van der Waals surface area contributed by atoms with E-state index in [1.165, 1.54) is 0 Å². The maximum absolute atomic E-state index is 9.80. The zero-order chi connectivity index (χ0) is 12.4. The third kappa shape index (κ3) is 2.96. The smallest absolute Gasteiger partial charge is 0.138 e. The van der Waals surface area contributed by atoms with Crippen molar-refractivity contribution >= 4 is 0 Å². The lowest BCUT2D eigenvalue weighted by Crippen LogP contribution is -2.46. The molecule has 0 bridgehead atoms. The van der Waals surface area contributed by atoms with Crippen molar-refractivity contribution in [3.8, 4) is 5.75 Å². The molecule has 0 amide bonds. The normalized spacial score (nSPS) is 26.1. The number of aromatic hydroxyl groups is 1. The SMILES string of the molecule is Cc1ccc(O)c(CN2CC(C)OCC2C)n1. The van der Waals surface area contributed by atoms with Crippen LogP contribution < -0.4 is 0 Å². The Labute approximate surface area is 102 Å². The second-order valence-corrected chi connectivity index (χ2v) is 4.84. The number of rotatable bonds is 2. The van der Waals surface area contributed by atoms with Gasteiger partial charge in [-0.2, -0.15) is 0 Å². The van der Waals surface area contributed by atoms with E-state index in [-0.39, 0.29) is 11.9 Å². The summed E-state index contributed by atoms with van der Waals surface area (Å²) in [6.07, 6.45) is 0.248. The molecule has 4 heteroatoms. The zero-order valence-electron chi connectivity index (χ0n) is 10.7. The van der Waals surface area contributed by atoms with Crippen LogP contribution in [0.5, 0.6) is 5.75 Å². The second-order valence-electron chi connectivity index (χ2n) is 4.84. The summed E-state index contributed by atoms with van der Waals surface area (Å²) in [7, 11) is 0. The minimum atomic E-state index is 0.248. The van der Waals surface area contributed by atoms with E-state index in [2.05, 4.69) is 23.7 Å². The lowest BCUT2D eigenvalue weighted by molar-refractivity contribution is -0.0532. The van der Waals surface area contributed by atoms with E-state index >= 15 is 0 Å². The Bertz CT molecular complexity index is 395. The highest BCUT2D eigenvalue weighted by atomic mass is 16.5. The largest absolute Gasteiger partial charge is 0.506 e. The summed E-state index contributed by atoms with van der Waals surface area (Å²) >= 11 is 0. The Morgan fingerprint density at radius 2 is 2.24 bits per heavy atom. The Morgan fingerprint density at radius 1 is 1.47 bits per heavy atom. The molecule has 1 aromatic rings. The van der Waals surface area contributed by atoms with Gasteiger partial charge in [0.25, 0.3) is 0 Å². The van der Waals surface area contributed by atoms with Crippen LogP contribution in [0.25, 0.3) is 0 Å². The molecular formula is C13H20N2O2. The Balaban J connectivity index is 2.11. The molecule has 2 rings (SSSR count). The quantitative estimate of drug-likeness (QED) is 0.849. The second kappa shape index (κ2) is 5.02. The lowest BCUT2D eigenvalue weighted by Gasteiger charge is -2.36. The first-order chi connectivity index (χ1) is 8.06. The number of pyridine rings is 1. The van der Waals surface area contributed by atoms with Gasteiger partial charge in [-0.1, -0.05) is 0 Å². The first kappa shape index (κ1) is 12.3. The van der Waals surface area contributed by atoms with Crippen LogP contribution in [-0.2, 0) is 11.3 Å². The fourth-order valence-corrected chi connectivity index (χ4v) is 2.10. The van der Waals surface area contributed by atoms with Crippen molar-refractivity contribution in [3.63, 3.8) is 0 Å². The number of morpholine rings is 1. The van der Waals surface area contributed by atoms with Crippen molar-refractivity contribution < 1.29 is 9.84 Å². The number of hydrogen-bond donors (Lipinski definition) is 1. The van der Waals surface area contributed by atoms with Crippen molar-refractivity contribution in [1.29, 1.82) is 0 Å². The Morgan fingerprint density at radius 3 is 3.00 bits per heavy atom. The Kier molecular flexibility index (Phi) is 3.64. The molecule has 0 radical (unpaired) electrons. The van der Waals surface area contributed by atoms with Gasteiger partial charge in [-0.15, -0.1) is 0 Å². The van der Waals surface area contributed by atoms with Gasteiger partial charge in [0.05, 0.1) is 18.4 Å². The molecule has 17 heavy (non-hydrogen) atoms. The summed E-state index contributed by atoms with van der Waals surface area (Å²) in [5.41, 5.74) is 1.69. The average molecular weight is 236 g/mol. The monoisotopic (exact) mass is 236 g/mol. The summed E-state index contributed by atoms with van der Waals surface area (Å²) in [4.78, 5) is 6.70. The van der Waals surface area contributed by atoms with E-state index in [1.807, 2.05) is 13.0 Å². The van der Waals surface area contributed by atoms with Crippen LogP contribution in [0.3, 0.4) is 0 Å². The fraction of sp³-hybridized carbons (Fsp3) is 0.615. The maximum Gasteiger partial charge on any atom is 0.138 e. The summed E-state index contributed by atoms with van der Waals surface area (Å²) in [5, 5.41) is 9.80. The van der Waals surface area contributed by atoms with Crippen LogP contribution in [0.1, 0.15) is 25.2 Å². The molecule has 1 fully saturated rings. The van der Waals surface area contributed by atoms with Crippen LogP contribution in [0.4, 0.5) is 0 Å². The van der Waals surface area contributed by atoms with Crippen molar-refractivity contribution in [2.24, 2.45) is 0 Å². The molecule has 1 aliphatic heterocycles. The van der Waals surface area contributed by atoms with Crippen molar-refractivity contribution in [2.45, 2.75) is 39.5 Å². The molecule has 2 heterocycles. The molecule has 1 aliphatic rings. The van der Waals surface area contributed by atoms with Gasteiger partial charge >= 0.3 is 0 Å². The number of ether oxygens (including phenoxy) is 1. The predicted octanol–water partition coefficient (Wildman–Crippen LogP) is 1.70. The number of aryl methyl sites for hydroxylation is 1. The Hall–Kier alpha value is -1.13. The van der Waals surface area contributed by atoms with Crippen LogP contribution >= 0.6 is 0 Å². The van der Waals surface area contributed by atoms with E-state index in [0.717, 1.165) is 24.5 Å². The third-order valence-electron chi connectivity index (χ3n) is 3.18. The highest BCUT2D eigenvalue weighted by molar-refractivity contribution is 5.27. The van der Waals surface area contributed by atoms with E-state index in [1.54, 1.807) is 6.07 Å². The standard InChI is InChI=1S/C13H20N2O2/c1-9-4-5-13(16)12(14-9)7-15-6-11(3)17-8-10(15)2/h4-5,10-11,16H,6-8H2,1-3H3. The number of nitrogens with zero attached hydrogens (tertiary/aromatic N) is 2. The molecule has 0 aliphatic carbocycles. The minimum Gasteiger partial charge on any atom is -0.506 e. The van der Waals surface area contributed by atoms with Gasteiger partial charge in [0, 0.05) is 24.8 Å². The van der Waals surface area contributed by atoms with Crippen molar-refractivity contribution in [2.75, 3.05) is 13.2 Å². The number of aromatic nitrogens is 1. The molecular weight excluding hydrogens is 216 g/mol. The topological polar surface area (TPSA) is 45.6 Å². The molecule has 1 saturated heterocycles. The molecule has 0 spiro atoms. The summed E-state index contributed by atoms with van der Waals surface area (Å²) in [6.45, 7) is 8.46. The van der Waals surface area contributed by atoms with Gasteiger partial charge < -0.3 is 9.84 Å². The first-order valence-electron chi connectivity index (χ1n) is 6.07. The fourth-order valence-electron chi connectivity index (χ4n) is 2.10. The molecule has 1 N–H and O–H groups in total. The number of hydrogen-bond acceptors (Lipinski definition) is 4.